The van der Waals surface area contributed by atoms with Crippen LogP contribution in [0.25, 0.3) is 0 Å². The van der Waals surface area contributed by atoms with Crippen LogP contribution in [0.5, 0.6) is 0 Å². The normalized spacial score (nSPS) is 19.1. The molecule has 2 nitrogen and oxygen atoms in total. The highest BCUT2D eigenvalue weighted by molar-refractivity contribution is 5.79. The maximum atomic E-state index is 11.1. The minimum Gasteiger partial charge on any atom is -0.303 e. The van der Waals surface area contributed by atoms with Crippen LogP contribution in [0, 0.1) is 5.92 Å². The molecule has 0 unspecified atom stereocenters. The van der Waals surface area contributed by atoms with Gasteiger partial charge in [0.25, 0.3) is 0 Å². The van der Waals surface area contributed by atoms with Gasteiger partial charge in [-0.3, -0.25) is 4.79 Å². The fourth-order valence-electron chi connectivity index (χ4n) is 2.30. The molecule has 0 radical (unpaired) electrons. The zero-order valence-corrected chi connectivity index (χ0v) is 10.5. The van der Waals surface area contributed by atoms with Crippen LogP contribution in [0.3, 0.4) is 0 Å². The molecule has 2 heteroatoms. The first-order chi connectivity index (χ1) is 7.09. The van der Waals surface area contributed by atoms with Crippen molar-refractivity contribution in [2.75, 3.05) is 13.6 Å². The van der Waals surface area contributed by atoms with Crippen molar-refractivity contribution in [2.45, 2.75) is 58.4 Å². The average molecular weight is 211 g/mol. The molecule has 88 valence electrons. The second kappa shape index (κ2) is 6.26. The molecule has 0 aliphatic heterocycles. The van der Waals surface area contributed by atoms with Crippen LogP contribution >= 0.6 is 0 Å². The number of hydrogen-bond acceptors (Lipinski definition) is 2. The lowest BCUT2D eigenvalue weighted by atomic mass is 9.93. The summed E-state index contributed by atoms with van der Waals surface area (Å²) in [4.78, 5) is 13.6. The Morgan fingerprint density at radius 3 is 2.47 bits per heavy atom. The number of carbonyl (C=O) groups is 1. The predicted molar refractivity (Wildman–Crippen MR) is 64.0 cm³/mol. The van der Waals surface area contributed by atoms with Crippen LogP contribution in [-0.2, 0) is 4.79 Å². The first-order valence-electron chi connectivity index (χ1n) is 6.31. The smallest absolute Gasteiger partial charge is 0.133 e. The van der Waals surface area contributed by atoms with E-state index in [1.807, 2.05) is 0 Å². The Hall–Kier alpha value is -0.370. The fraction of sp³-hybridized carbons (Fsp3) is 0.923. The highest BCUT2D eigenvalue weighted by atomic mass is 16.1. The van der Waals surface area contributed by atoms with Gasteiger partial charge in [0.15, 0.2) is 0 Å². The monoisotopic (exact) mass is 211 g/mol. The van der Waals surface area contributed by atoms with Gasteiger partial charge in [0, 0.05) is 18.9 Å². The van der Waals surface area contributed by atoms with Gasteiger partial charge in [0.1, 0.15) is 5.78 Å². The molecule has 1 saturated carbocycles. The molecule has 0 heterocycles. The van der Waals surface area contributed by atoms with E-state index in [-0.39, 0.29) is 0 Å². The van der Waals surface area contributed by atoms with Gasteiger partial charge in [-0.2, -0.15) is 0 Å². The van der Waals surface area contributed by atoms with E-state index in [9.17, 15) is 4.79 Å². The van der Waals surface area contributed by atoms with Crippen LogP contribution in [0.1, 0.15) is 52.4 Å². The molecule has 0 bridgehead atoms. The van der Waals surface area contributed by atoms with Crippen molar-refractivity contribution in [1.82, 2.24) is 4.90 Å². The van der Waals surface area contributed by atoms with E-state index in [2.05, 4.69) is 25.8 Å². The standard InChI is InChI=1S/C13H25NO/c1-11(2)5-4-10-14(3)12-6-8-13(15)9-7-12/h11-12H,4-10H2,1-3H3. The molecule has 15 heavy (non-hydrogen) atoms. The van der Waals surface area contributed by atoms with Crippen LogP contribution < -0.4 is 0 Å². The van der Waals surface area contributed by atoms with Gasteiger partial charge in [0.05, 0.1) is 0 Å². The molecule has 0 aromatic heterocycles. The second-order valence-corrected chi connectivity index (χ2v) is 5.29. The third kappa shape index (κ3) is 4.78. The summed E-state index contributed by atoms with van der Waals surface area (Å²) in [6.07, 6.45) is 6.38. The van der Waals surface area contributed by atoms with E-state index in [0.717, 1.165) is 31.6 Å². The van der Waals surface area contributed by atoms with E-state index in [1.165, 1.54) is 19.4 Å². The fourth-order valence-corrected chi connectivity index (χ4v) is 2.30. The summed E-state index contributed by atoms with van der Waals surface area (Å²) in [7, 11) is 2.21. The SMILES string of the molecule is CC(C)CCCN(C)C1CCC(=O)CC1. The minimum absolute atomic E-state index is 0.460. The molecular formula is C13H25NO. The molecule has 0 atom stereocenters. The first kappa shape index (κ1) is 12.7. The summed E-state index contributed by atoms with van der Waals surface area (Å²) in [5, 5.41) is 0. The maximum absolute atomic E-state index is 11.1. The lowest BCUT2D eigenvalue weighted by Gasteiger charge is -2.30. The van der Waals surface area contributed by atoms with Crippen LogP contribution in [0.4, 0.5) is 0 Å². The Labute approximate surface area is 94.0 Å². The lowest BCUT2D eigenvalue weighted by molar-refractivity contribution is -0.121. The molecule has 0 spiro atoms. The molecule has 1 fully saturated rings. The Balaban J connectivity index is 2.16. The van der Waals surface area contributed by atoms with Crippen molar-refractivity contribution in [3.05, 3.63) is 0 Å². The van der Waals surface area contributed by atoms with Gasteiger partial charge in [-0.15, -0.1) is 0 Å². The topological polar surface area (TPSA) is 20.3 Å². The van der Waals surface area contributed by atoms with Crippen molar-refractivity contribution < 1.29 is 4.79 Å². The van der Waals surface area contributed by atoms with Gasteiger partial charge in [-0.05, 0) is 45.2 Å². The second-order valence-electron chi connectivity index (χ2n) is 5.29. The summed E-state index contributed by atoms with van der Waals surface area (Å²) in [5.74, 6) is 1.27. The number of rotatable bonds is 5. The number of Topliss-reactive ketones (excluding diaryl/α,β-unsaturated/α-hetero) is 1. The van der Waals surface area contributed by atoms with Crippen LogP contribution in [0.2, 0.25) is 0 Å². The minimum atomic E-state index is 0.460. The number of hydrogen-bond donors (Lipinski definition) is 0. The van der Waals surface area contributed by atoms with Crippen molar-refractivity contribution in [3.63, 3.8) is 0 Å². The van der Waals surface area contributed by atoms with Gasteiger partial charge in [-0.25, -0.2) is 0 Å². The molecule has 0 aromatic rings. The first-order valence-corrected chi connectivity index (χ1v) is 6.31. The third-order valence-corrected chi connectivity index (χ3v) is 3.43. The molecule has 1 aliphatic rings. The van der Waals surface area contributed by atoms with Crippen LogP contribution in [0.15, 0.2) is 0 Å². The van der Waals surface area contributed by atoms with Gasteiger partial charge >= 0.3 is 0 Å². The number of nitrogens with zero attached hydrogens (tertiary/aromatic N) is 1. The van der Waals surface area contributed by atoms with Crippen molar-refractivity contribution in [1.29, 1.82) is 0 Å². The van der Waals surface area contributed by atoms with Gasteiger partial charge in [0.2, 0.25) is 0 Å². The Kier molecular flexibility index (Phi) is 5.30. The number of carbonyl (C=O) groups excluding carboxylic acids is 1. The van der Waals surface area contributed by atoms with Gasteiger partial charge in [-0.1, -0.05) is 13.8 Å². The lowest BCUT2D eigenvalue weighted by Crippen LogP contribution is -2.35. The molecule has 1 rings (SSSR count). The molecule has 0 saturated heterocycles. The van der Waals surface area contributed by atoms with E-state index in [1.54, 1.807) is 0 Å². The van der Waals surface area contributed by atoms with E-state index >= 15 is 0 Å². The predicted octanol–water partition coefficient (Wildman–Crippen LogP) is 2.87. The summed E-state index contributed by atoms with van der Waals surface area (Å²) < 4.78 is 0. The summed E-state index contributed by atoms with van der Waals surface area (Å²) >= 11 is 0. The van der Waals surface area contributed by atoms with E-state index < -0.39 is 0 Å². The highest BCUT2D eigenvalue weighted by Crippen LogP contribution is 2.19. The molecule has 1 aliphatic carbocycles. The summed E-state index contributed by atoms with van der Waals surface area (Å²) in [6, 6.07) is 0.662. The maximum Gasteiger partial charge on any atom is 0.133 e. The zero-order valence-electron chi connectivity index (χ0n) is 10.5. The largest absolute Gasteiger partial charge is 0.303 e. The Morgan fingerprint density at radius 2 is 1.93 bits per heavy atom. The van der Waals surface area contributed by atoms with Gasteiger partial charge < -0.3 is 4.90 Å². The van der Waals surface area contributed by atoms with Crippen molar-refractivity contribution >= 4 is 5.78 Å². The third-order valence-electron chi connectivity index (χ3n) is 3.43. The average Bonchev–Trinajstić information content (AvgIpc) is 2.18. The zero-order chi connectivity index (χ0) is 11.3. The number of ketones is 1. The van der Waals surface area contributed by atoms with Crippen molar-refractivity contribution in [3.8, 4) is 0 Å². The Morgan fingerprint density at radius 1 is 1.33 bits per heavy atom. The van der Waals surface area contributed by atoms with Crippen molar-refractivity contribution in [2.24, 2.45) is 5.92 Å². The molecule has 0 amide bonds. The Bertz CT molecular complexity index is 191. The summed E-state index contributed by atoms with van der Waals surface area (Å²) in [6.45, 7) is 5.75. The van der Waals surface area contributed by atoms with Crippen LogP contribution in [-0.4, -0.2) is 30.3 Å². The highest BCUT2D eigenvalue weighted by Gasteiger charge is 2.21. The van der Waals surface area contributed by atoms with E-state index in [0.29, 0.717) is 11.8 Å². The molecule has 0 aromatic carbocycles. The molecule has 0 N–H and O–H groups in total. The molecular weight excluding hydrogens is 186 g/mol. The quantitative estimate of drug-likeness (QED) is 0.697. The van der Waals surface area contributed by atoms with E-state index in [4.69, 9.17) is 0 Å². The summed E-state index contributed by atoms with van der Waals surface area (Å²) in [5.41, 5.74) is 0.